The van der Waals surface area contributed by atoms with Crippen LogP contribution in [0, 0.1) is 0 Å². The van der Waals surface area contributed by atoms with Crippen LogP contribution >= 0.6 is 22.7 Å². The van der Waals surface area contributed by atoms with E-state index in [4.69, 9.17) is 0 Å². The van der Waals surface area contributed by atoms with Crippen LogP contribution in [-0.4, -0.2) is 20.4 Å². The molecule has 0 amide bonds. The summed E-state index contributed by atoms with van der Waals surface area (Å²) in [6.45, 7) is 0. The molecule has 2 aromatic carbocycles. The molecule has 0 spiro atoms. The molecule has 4 aromatic rings. The third-order valence-electron chi connectivity index (χ3n) is 3.11. The van der Waals surface area contributed by atoms with Crippen molar-refractivity contribution in [3.63, 3.8) is 0 Å². The maximum atomic E-state index is 4.21. The van der Waals surface area contributed by atoms with Crippen LogP contribution in [0.2, 0.25) is 0 Å². The van der Waals surface area contributed by atoms with Gasteiger partial charge in [-0.25, -0.2) is 0 Å². The predicted octanol–water partition coefficient (Wildman–Crippen LogP) is 4.47. The highest BCUT2D eigenvalue weighted by molar-refractivity contribution is 7.20. The highest BCUT2D eigenvalue weighted by atomic mass is 32.1. The zero-order valence-corrected chi connectivity index (χ0v) is 13.5. The van der Waals surface area contributed by atoms with Crippen LogP contribution in [0.25, 0.3) is 21.1 Å². The first-order valence-electron chi connectivity index (χ1n) is 6.93. The smallest absolute Gasteiger partial charge is 0.212 e. The molecular weight excluding hydrogens is 326 g/mol. The van der Waals surface area contributed by atoms with Gasteiger partial charge in [-0.1, -0.05) is 83.3 Å². The first-order chi connectivity index (χ1) is 11.4. The molecule has 2 aromatic heterocycles. The molecule has 5 nitrogen and oxygen atoms in total. The van der Waals surface area contributed by atoms with Crippen molar-refractivity contribution in [1.82, 2.24) is 20.4 Å². The lowest BCUT2D eigenvalue weighted by Gasteiger charge is -1.94. The lowest BCUT2D eigenvalue weighted by Crippen LogP contribution is -1.88. The molecule has 1 N–H and O–H groups in total. The number of nitrogens with one attached hydrogen (secondary N) is 1. The number of nitrogens with zero attached hydrogens (tertiary/aromatic N) is 4. The van der Waals surface area contributed by atoms with Gasteiger partial charge in [0.15, 0.2) is 0 Å². The Kier molecular flexibility index (Phi) is 3.79. The van der Waals surface area contributed by atoms with Crippen LogP contribution in [-0.2, 0) is 0 Å². The van der Waals surface area contributed by atoms with E-state index in [2.05, 4.69) is 25.7 Å². The molecule has 0 atom stereocenters. The van der Waals surface area contributed by atoms with Crippen molar-refractivity contribution in [2.75, 3.05) is 5.32 Å². The topological polar surface area (TPSA) is 63.6 Å². The van der Waals surface area contributed by atoms with Crippen LogP contribution in [0.15, 0.2) is 60.7 Å². The Hall–Kier alpha value is -2.64. The van der Waals surface area contributed by atoms with Crippen molar-refractivity contribution in [3.8, 4) is 21.1 Å². The fraction of sp³-hybridized carbons (Fsp3) is 0. The molecule has 0 aliphatic heterocycles. The van der Waals surface area contributed by atoms with Crippen molar-refractivity contribution < 1.29 is 0 Å². The zero-order chi connectivity index (χ0) is 15.5. The van der Waals surface area contributed by atoms with Gasteiger partial charge in [0.2, 0.25) is 10.3 Å². The summed E-state index contributed by atoms with van der Waals surface area (Å²) in [6, 6.07) is 20.0. The summed E-state index contributed by atoms with van der Waals surface area (Å²) in [4.78, 5) is 0. The number of rotatable bonds is 4. The number of hydrogen-bond donors (Lipinski definition) is 1. The minimum absolute atomic E-state index is 0.708. The number of hydrogen-bond acceptors (Lipinski definition) is 7. The third-order valence-corrected chi connectivity index (χ3v) is 4.88. The van der Waals surface area contributed by atoms with Crippen LogP contribution in [0.3, 0.4) is 0 Å². The molecule has 4 rings (SSSR count). The summed E-state index contributed by atoms with van der Waals surface area (Å²) in [5.74, 6) is 0. The Bertz CT molecular complexity index is 827. The highest BCUT2D eigenvalue weighted by Crippen LogP contribution is 2.31. The molecule has 0 unspecified atom stereocenters. The Labute approximate surface area is 140 Å². The van der Waals surface area contributed by atoms with Gasteiger partial charge in [0.05, 0.1) is 0 Å². The standard InChI is InChI=1S/C16H11N5S2/c1-3-7-11(8-4-1)13-18-20-15(22-13)17-16-21-19-14(23-16)12-9-5-2-6-10-12/h1-10H,(H,17,20,21). The maximum absolute atomic E-state index is 4.21. The quantitative estimate of drug-likeness (QED) is 0.595. The van der Waals surface area contributed by atoms with Gasteiger partial charge in [-0.2, -0.15) is 0 Å². The van der Waals surface area contributed by atoms with Crippen molar-refractivity contribution in [3.05, 3.63) is 60.7 Å². The first kappa shape index (κ1) is 14.0. The fourth-order valence-electron chi connectivity index (χ4n) is 2.03. The lowest BCUT2D eigenvalue weighted by atomic mass is 10.2. The van der Waals surface area contributed by atoms with Crippen molar-refractivity contribution in [1.29, 1.82) is 0 Å². The second kappa shape index (κ2) is 6.23. The van der Waals surface area contributed by atoms with E-state index >= 15 is 0 Å². The highest BCUT2D eigenvalue weighted by Gasteiger charge is 2.10. The van der Waals surface area contributed by atoms with E-state index in [-0.39, 0.29) is 0 Å². The normalized spacial score (nSPS) is 10.6. The number of aromatic nitrogens is 4. The first-order valence-corrected chi connectivity index (χ1v) is 8.57. The van der Waals surface area contributed by atoms with Gasteiger partial charge in [0.1, 0.15) is 10.0 Å². The SMILES string of the molecule is c1ccc(-c2nnc(Nc3nnc(-c4ccccc4)s3)s2)cc1. The number of benzene rings is 2. The molecular formula is C16H11N5S2. The summed E-state index contributed by atoms with van der Waals surface area (Å²) in [5, 5.41) is 23.1. The maximum Gasteiger partial charge on any atom is 0.212 e. The Morgan fingerprint density at radius 1 is 0.565 bits per heavy atom. The van der Waals surface area contributed by atoms with Crippen molar-refractivity contribution in [2.24, 2.45) is 0 Å². The predicted molar refractivity (Wildman–Crippen MR) is 94.0 cm³/mol. The molecule has 7 heteroatoms. The van der Waals surface area contributed by atoms with Crippen molar-refractivity contribution >= 4 is 32.9 Å². The zero-order valence-electron chi connectivity index (χ0n) is 11.9. The van der Waals surface area contributed by atoms with Gasteiger partial charge in [-0.3, -0.25) is 0 Å². The van der Waals surface area contributed by atoms with E-state index in [1.807, 2.05) is 60.7 Å². The molecule has 2 heterocycles. The monoisotopic (exact) mass is 337 g/mol. The largest absolute Gasteiger partial charge is 0.305 e. The third kappa shape index (κ3) is 3.10. The lowest BCUT2D eigenvalue weighted by molar-refractivity contribution is 1.07. The van der Waals surface area contributed by atoms with Crippen LogP contribution in [0.5, 0.6) is 0 Å². The molecule has 0 saturated heterocycles. The van der Waals surface area contributed by atoms with Crippen molar-refractivity contribution in [2.45, 2.75) is 0 Å². The van der Waals surface area contributed by atoms with Gasteiger partial charge in [0.25, 0.3) is 0 Å². The van der Waals surface area contributed by atoms with E-state index in [0.717, 1.165) is 21.1 Å². The molecule has 0 bridgehead atoms. The Balaban J connectivity index is 1.53. The summed E-state index contributed by atoms with van der Waals surface area (Å²) in [6.07, 6.45) is 0. The second-order valence-corrected chi connectivity index (χ2v) is 6.64. The van der Waals surface area contributed by atoms with Crippen LogP contribution in [0.1, 0.15) is 0 Å². The molecule has 0 radical (unpaired) electrons. The molecule has 0 aliphatic carbocycles. The average molecular weight is 337 g/mol. The molecule has 112 valence electrons. The van der Waals surface area contributed by atoms with Gasteiger partial charge in [0, 0.05) is 11.1 Å². The Morgan fingerprint density at radius 3 is 1.43 bits per heavy atom. The van der Waals surface area contributed by atoms with E-state index in [0.29, 0.717) is 10.3 Å². The van der Waals surface area contributed by atoms with Crippen LogP contribution in [0.4, 0.5) is 10.3 Å². The van der Waals surface area contributed by atoms with Gasteiger partial charge in [-0.15, -0.1) is 20.4 Å². The summed E-state index contributed by atoms with van der Waals surface area (Å²) in [7, 11) is 0. The summed E-state index contributed by atoms with van der Waals surface area (Å²) in [5.41, 5.74) is 2.11. The summed E-state index contributed by atoms with van der Waals surface area (Å²) >= 11 is 2.98. The van der Waals surface area contributed by atoms with Crippen LogP contribution < -0.4 is 5.32 Å². The molecule has 0 aliphatic rings. The minimum atomic E-state index is 0.708. The number of anilines is 2. The molecule has 0 saturated carbocycles. The van der Waals surface area contributed by atoms with Gasteiger partial charge in [-0.05, 0) is 0 Å². The minimum Gasteiger partial charge on any atom is -0.305 e. The second-order valence-electron chi connectivity index (χ2n) is 4.68. The van der Waals surface area contributed by atoms with E-state index < -0.39 is 0 Å². The van der Waals surface area contributed by atoms with E-state index in [1.54, 1.807) is 0 Å². The molecule has 0 fully saturated rings. The Morgan fingerprint density at radius 2 is 1.00 bits per heavy atom. The van der Waals surface area contributed by atoms with E-state index in [1.165, 1.54) is 22.7 Å². The summed E-state index contributed by atoms with van der Waals surface area (Å²) < 4.78 is 0. The van der Waals surface area contributed by atoms with E-state index in [9.17, 15) is 0 Å². The van der Waals surface area contributed by atoms with Gasteiger partial charge >= 0.3 is 0 Å². The van der Waals surface area contributed by atoms with Gasteiger partial charge < -0.3 is 5.32 Å². The molecule has 23 heavy (non-hydrogen) atoms. The fourth-order valence-corrected chi connectivity index (χ4v) is 3.59. The average Bonchev–Trinajstić information content (AvgIpc) is 3.27.